The molecule has 2 bridgehead atoms. The van der Waals surface area contributed by atoms with Crippen molar-refractivity contribution in [3.8, 4) is 0 Å². The molecule has 23 heavy (non-hydrogen) atoms. The molecule has 1 aromatic carbocycles. The predicted molar refractivity (Wildman–Crippen MR) is 89.8 cm³/mol. The highest BCUT2D eigenvalue weighted by Gasteiger charge is 2.64. The van der Waals surface area contributed by atoms with Crippen LogP contribution in [0.2, 0.25) is 0 Å². The van der Waals surface area contributed by atoms with Crippen molar-refractivity contribution >= 4 is 15.7 Å². The molecule has 5 nitrogen and oxygen atoms in total. The van der Waals surface area contributed by atoms with Crippen LogP contribution in [-0.4, -0.2) is 25.1 Å². The second-order valence-electron chi connectivity index (χ2n) is 7.36. The van der Waals surface area contributed by atoms with E-state index in [1.54, 1.807) is 0 Å². The first-order chi connectivity index (χ1) is 10.8. The zero-order chi connectivity index (χ0) is 16.7. The maximum Gasteiger partial charge on any atom is 0.212 e. The van der Waals surface area contributed by atoms with Gasteiger partial charge in [0.2, 0.25) is 10.0 Å². The third-order valence-electron chi connectivity index (χ3n) is 6.06. The van der Waals surface area contributed by atoms with Crippen LogP contribution in [0.3, 0.4) is 0 Å². The van der Waals surface area contributed by atoms with Gasteiger partial charge in [-0.1, -0.05) is 49.3 Å². The summed E-state index contributed by atoms with van der Waals surface area (Å²) in [5, 5.41) is 12.8. The Balaban J connectivity index is 1.79. The standard InChI is InChI=1S/C17H24N2O3S/c1-16(2)14-8-9-17(16,15(10-14)19-20)12-23(21,22)18-11-13-6-4-3-5-7-13/h3-7,14,18,20H,8-12H2,1-2H3/t14-,17?/m1/s1. The Bertz CT molecular complexity index is 713. The fourth-order valence-electron chi connectivity index (χ4n) is 4.44. The molecular formula is C17H24N2O3S. The van der Waals surface area contributed by atoms with E-state index in [4.69, 9.17) is 0 Å². The Morgan fingerprint density at radius 3 is 2.61 bits per heavy atom. The molecule has 126 valence electrons. The summed E-state index contributed by atoms with van der Waals surface area (Å²) in [5.74, 6) is 0.396. The van der Waals surface area contributed by atoms with E-state index in [0.717, 1.165) is 18.4 Å². The minimum atomic E-state index is -3.46. The topological polar surface area (TPSA) is 78.8 Å². The van der Waals surface area contributed by atoms with Gasteiger partial charge in [-0.3, -0.25) is 0 Å². The molecule has 0 aliphatic heterocycles. The van der Waals surface area contributed by atoms with Crippen LogP contribution in [-0.2, 0) is 16.6 Å². The molecule has 0 spiro atoms. The fraction of sp³-hybridized carbons (Fsp3) is 0.588. The van der Waals surface area contributed by atoms with Crippen LogP contribution in [0.15, 0.2) is 35.5 Å². The average molecular weight is 336 g/mol. The minimum absolute atomic E-state index is 0.00424. The highest BCUT2D eigenvalue weighted by atomic mass is 32.2. The monoisotopic (exact) mass is 336 g/mol. The third-order valence-corrected chi connectivity index (χ3v) is 7.52. The maximum atomic E-state index is 12.6. The lowest BCUT2D eigenvalue weighted by Crippen LogP contribution is -2.45. The number of sulfonamides is 1. The lowest BCUT2D eigenvalue weighted by Gasteiger charge is -2.37. The third kappa shape index (κ3) is 2.68. The van der Waals surface area contributed by atoms with Crippen LogP contribution in [0.1, 0.15) is 38.7 Å². The summed E-state index contributed by atoms with van der Waals surface area (Å²) in [6, 6.07) is 9.47. The number of nitrogens with zero attached hydrogens (tertiary/aromatic N) is 1. The van der Waals surface area contributed by atoms with E-state index in [1.807, 2.05) is 30.3 Å². The Kier molecular flexibility index (Phi) is 4.01. The van der Waals surface area contributed by atoms with Gasteiger partial charge in [0, 0.05) is 12.0 Å². The van der Waals surface area contributed by atoms with Gasteiger partial charge in [0.1, 0.15) is 0 Å². The van der Waals surface area contributed by atoms with Crippen molar-refractivity contribution in [1.82, 2.24) is 4.72 Å². The largest absolute Gasteiger partial charge is 0.411 e. The second-order valence-corrected chi connectivity index (χ2v) is 9.16. The fourth-order valence-corrected chi connectivity index (χ4v) is 6.26. The van der Waals surface area contributed by atoms with Crippen LogP contribution in [0.5, 0.6) is 0 Å². The molecule has 3 rings (SSSR count). The van der Waals surface area contributed by atoms with Gasteiger partial charge in [-0.2, -0.15) is 0 Å². The van der Waals surface area contributed by atoms with Crippen LogP contribution >= 0.6 is 0 Å². The van der Waals surface area contributed by atoms with E-state index in [-0.39, 0.29) is 17.7 Å². The predicted octanol–water partition coefficient (Wildman–Crippen LogP) is 2.76. The summed E-state index contributed by atoms with van der Waals surface area (Å²) in [6.07, 6.45) is 2.48. The molecule has 2 N–H and O–H groups in total. The van der Waals surface area contributed by atoms with E-state index < -0.39 is 15.4 Å². The van der Waals surface area contributed by atoms with Crippen molar-refractivity contribution in [2.75, 3.05) is 5.75 Å². The lowest BCUT2D eigenvalue weighted by molar-refractivity contribution is 0.192. The summed E-state index contributed by atoms with van der Waals surface area (Å²) in [5.41, 5.74) is 0.883. The first-order valence-electron chi connectivity index (χ1n) is 8.03. The number of rotatable bonds is 5. The Morgan fingerprint density at radius 1 is 1.30 bits per heavy atom. The Labute approximate surface area is 137 Å². The Morgan fingerprint density at radius 2 is 2.00 bits per heavy atom. The van der Waals surface area contributed by atoms with Crippen molar-refractivity contribution in [3.05, 3.63) is 35.9 Å². The first kappa shape index (κ1) is 16.5. The quantitative estimate of drug-likeness (QED) is 0.641. The molecule has 0 aromatic heterocycles. The molecular weight excluding hydrogens is 312 g/mol. The summed E-state index contributed by atoms with van der Waals surface area (Å²) in [7, 11) is -3.46. The van der Waals surface area contributed by atoms with E-state index in [0.29, 0.717) is 18.1 Å². The molecule has 2 fully saturated rings. The number of hydrogen-bond donors (Lipinski definition) is 2. The van der Waals surface area contributed by atoms with Crippen molar-refractivity contribution in [1.29, 1.82) is 0 Å². The van der Waals surface area contributed by atoms with Crippen molar-refractivity contribution in [2.24, 2.45) is 21.9 Å². The Hall–Kier alpha value is -1.40. The van der Waals surface area contributed by atoms with Crippen molar-refractivity contribution in [2.45, 2.75) is 39.7 Å². The average Bonchev–Trinajstić information content (AvgIpc) is 2.87. The number of fused-ring (bicyclic) bond motifs is 2. The molecule has 1 aromatic rings. The van der Waals surface area contributed by atoms with E-state index in [2.05, 4.69) is 23.7 Å². The molecule has 0 radical (unpaired) electrons. The molecule has 6 heteroatoms. The smallest absolute Gasteiger partial charge is 0.212 e. The highest BCUT2D eigenvalue weighted by molar-refractivity contribution is 7.89. The van der Waals surface area contributed by atoms with Crippen LogP contribution in [0.4, 0.5) is 0 Å². The zero-order valence-electron chi connectivity index (χ0n) is 13.6. The number of nitrogens with one attached hydrogen (secondary N) is 1. The van der Waals surface area contributed by atoms with Gasteiger partial charge in [-0.25, -0.2) is 13.1 Å². The summed E-state index contributed by atoms with van der Waals surface area (Å²) >= 11 is 0. The van der Waals surface area contributed by atoms with Crippen molar-refractivity contribution in [3.63, 3.8) is 0 Å². The van der Waals surface area contributed by atoms with Gasteiger partial charge in [0.05, 0.1) is 11.5 Å². The molecule has 0 heterocycles. The van der Waals surface area contributed by atoms with E-state index >= 15 is 0 Å². The zero-order valence-corrected chi connectivity index (χ0v) is 14.4. The van der Waals surface area contributed by atoms with E-state index in [1.165, 1.54) is 0 Å². The number of benzene rings is 1. The maximum absolute atomic E-state index is 12.6. The second kappa shape index (κ2) is 5.60. The molecule has 0 saturated heterocycles. The summed E-state index contributed by atoms with van der Waals surface area (Å²) in [4.78, 5) is 0. The molecule has 0 amide bonds. The molecule has 2 atom stereocenters. The molecule has 1 unspecified atom stereocenters. The molecule has 2 saturated carbocycles. The van der Waals surface area contributed by atoms with Crippen LogP contribution in [0, 0.1) is 16.7 Å². The normalized spacial score (nSPS) is 30.9. The van der Waals surface area contributed by atoms with Gasteiger partial charge in [0.25, 0.3) is 0 Å². The summed E-state index contributed by atoms with van der Waals surface area (Å²) in [6.45, 7) is 4.50. The van der Waals surface area contributed by atoms with Crippen molar-refractivity contribution < 1.29 is 13.6 Å². The van der Waals surface area contributed by atoms with Crippen LogP contribution in [0.25, 0.3) is 0 Å². The van der Waals surface area contributed by atoms with Gasteiger partial charge >= 0.3 is 0 Å². The van der Waals surface area contributed by atoms with Gasteiger partial charge in [-0.05, 0) is 36.2 Å². The van der Waals surface area contributed by atoms with Crippen LogP contribution < -0.4 is 4.72 Å². The van der Waals surface area contributed by atoms with Gasteiger partial charge in [0.15, 0.2) is 0 Å². The summed E-state index contributed by atoms with van der Waals surface area (Å²) < 4.78 is 28.0. The minimum Gasteiger partial charge on any atom is -0.411 e. The SMILES string of the molecule is CC1(C)[C@@H]2CCC1(CS(=O)(=O)NCc1ccccc1)C(=NO)C2. The van der Waals surface area contributed by atoms with Gasteiger partial charge in [-0.15, -0.1) is 0 Å². The first-order valence-corrected chi connectivity index (χ1v) is 9.69. The van der Waals surface area contributed by atoms with E-state index in [9.17, 15) is 13.6 Å². The lowest BCUT2D eigenvalue weighted by atomic mass is 9.70. The number of hydrogen-bond acceptors (Lipinski definition) is 4. The molecule has 2 aliphatic carbocycles. The highest BCUT2D eigenvalue weighted by Crippen LogP contribution is 2.64. The molecule has 2 aliphatic rings. The number of oxime groups is 1. The van der Waals surface area contributed by atoms with Gasteiger partial charge < -0.3 is 5.21 Å².